The van der Waals surface area contributed by atoms with E-state index in [9.17, 15) is 13.2 Å². The number of aromatic carboxylic acids is 1. The van der Waals surface area contributed by atoms with Gasteiger partial charge in [0.05, 0.1) is 3.79 Å². The summed E-state index contributed by atoms with van der Waals surface area (Å²) in [5.74, 6) is -0.503. The van der Waals surface area contributed by atoms with Gasteiger partial charge >= 0.3 is 5.97 Å². The highest BCUT2D eigenvalue weighted by Gasteiger charge is 2.28. The first-order valence-electron chi connectivity index (χ1n) is 5.84. The van der Waals surface area contributed by atoms with E-state index in [2.05, 4.69) is 20.7 Å². The molecule has 0 aromatic carbocycles. The van der Waals surface area contributed by atoms with Crippen LogP contribution in [0.5, 0.6) is 0 Å². The lowest BCUT2D eigenvalue weighted by Gasteiger charge is -2.13. The van der Waals surface area contributed by atoms with Gasteiger partial charge in [-0.3, -0.25) is 0 Å². The minimum absolute atomic E-state index is 0.00194. The number of nitrogens with one attached hydrogen (secondary N) is 1. The largest absolute Gasteiger partial charge is 0.477 e. The van der Waals surface area contributed by atoms with Crippen molar-refractivity contribution in [3.63, 3.8) is 0 Å². The monoisotopic (exact) mass is 367 g/mol. The average Bonchev–Trinajstić information content (AvgIpc) is 2.96. The van der Waals surface area contributed by atoms with E-state index in [0.717, 1.165) is 30.6 Å². The fourth-order valence-electron chi connectivity index (χ4n) is 1.87. The van der Waals surface area contributed by atoms with Crippen LogP contribution < -0.4 is 4.72 Å². The third kappa shape index (κ3) is 3.77. The Balaban J connectivity index is 2.15. The predicted molar refractivity (Wildman–Crippen MR) is 76.1 cm³/mol. The minimum atomic E-state index is -3.67. The Hall–Kier alpha value is -0.440. The number of rotatable bonds is 6. The van der Waals surface area contributed by atoms with Crippen LogP contribution in [0.1, 0.15) is 35.9 Å². The van der Waals surface area contributed by atoms with Gasteiger partial charge in [0.1, 0.15) is 9.77 Å². The molecule has 1 aliphatic carbocycles. The number of carboxylic acid groups (broad SMARTS) is 1. The standard InChI is InChI=1S/C11H14BrNO4S2/c1-6(4-7-2-3-7)13-19(16,17)9-5-8(11(14)15)18-10(9)12/h5-7,13H,2-4H2,1H3,(H,14,15). The smallest absolute Gasteiger partial charge is 0.345 e. The van der Waals surface area contributed by atoms with E-state index in [1.807, 2.05) is 6.92 Å². The Morgan fingerprint density at radius 3 is 2.74 bits per heavy atom. The van der Waals surface area contributed by atoms with Crippen molar-refractivity contribution < 1.29 is 18.3 Å². The number of thiophene rings is 1. The second kappa shape index (κ2) is 5.51. The molecule has 1 heterocycles. The topological polar surface area (TPSA) is 83.5 Å². The molecule has 0 spiro atoms. The predicted octanol–water partition coefficient (Wildman–Crippen LogP) is 2.68. The van der Waals surface area contributed by atoms with E-state index < -0.39 is 16.0 Å². The third-order valence-corrected chi connectivity index (χ3v) is 6.73. The zero-order chi connectivity index (χ0) is 14.2. The van der Waals surface area contributed by atoms with E-state index in [4.69, 9.17) is 5.11 Å². The number of hydrogen-bond acceptors (Lipinski definition) is 4. The van der Waals surface area contributed by atoms with Gasteiger partial charge in [-0.05, 0) is 41.3 Å². The summed E-state index contributed by atoms with van der Waals surface area (Å²) in [5.41, 5.74) is 0. The molecule has 1 aliphatic rings. The molecule has 0 amide bonds. The third-order valence-electron chi connectivity index (χ3n) is 2.90. The lowest BCUT2D eigenvalue weighted by atomic mass is 10.2. The number of halogens is 1. The van der Waals surface area contributed by atoms with Gasteiger partial charge in [0.2, 0.25) is 10.0 Å². The maximum atomic E-state index is 12.2. The number of sulfonamides is 1. The van der Waals surface area contributed by atoms with Crippen molar-refractivity contribution in [2.45, 2.75) is 37.1 Å². The van der Waals surface area contributed by atoms with Crippen LogP contribution in [0.15, 0.2) is 14.7 Å². The van der Waals surface area contributed by atoms with Crippen LogP contribution in [0.2, 0.25) is 0 Å². The number of carbonyl (C=O) groups is 1. The molecule has 0 radical (unpaired) electrons. The summed E-state index contributed by atoms with van der Waals surface area (Å²) >= 11 is 4.01. The van der Waals surface area contributed by atoms with Gasteiger partial charge in [0, 0.05) is 6.04 Å². The van der Waals surface area contributed by atoms with Crippen LogP contribution in [0, 0.1) is 5.92 Å². The van der Waals surface area contributed by atoms with Crippen LogP contribution in [-0.4, -0.2) is 25.5 Å². The maximum absolute atomic E-state index is 12.2. The van der Waals surface area contributed by atoms with E-state index in [1.165, 1.54) is 6.07 Å². The number of carboxylic acids is 1. The molecule has 1 aromatic rings. The average molecular weight is 368 g/mol. The van der Waals surface area contributed by atoms with Gasteiger partial charge in [-0.1, -0.05) is 12.8 Å². The van der Waals surface area contributed by atoms with Crippen LogP contribution in [0.25, 0.3) is 0 Å². The van der Waals surface area contributed by atoms with E-state index in [0.29, 0.717) is 9.70 Å². The molecule has 5 nitrogen and oxygen atoms in total. The molecule has 1 aromatic heterocycles. The SMILES string of the molecule is CC(CC1CC1)NS(=O)(=O)c1cc(C(=O)O)sc1Br. The van der Waals surface area contributed by atoms with Crippen LogP contribution in [0.4, 0.5) is 0 Å². The van der Waals surface area contributed by atoms with E-state index in [-0.39, 0.29) is 15.8 Å². The van der Waals surface area contributed by atoms with Crippen molar-refractivity contribution >= 4 is 43.3 Å². The molecule has 2 N–H and O–H groups in total. The first-order chi connectivity index (χ1) is 8.79. The lowest BCUT2D eigenvalue weighted by Crippen LogP contribution is -2.32. The summed E-state index contributed by atoms with van der Waals surface area (Å²) in [5, 5.41) is 8.87. The first-order valence-corrected chi connectivity index (χ1v) is 8.94. The molecular formula is C11H14BrNO4S2. The van der Waals surface area contributed by atoms with Crippen molar-refractivity contribution in [2.75, 3.05) is 0 Å². The van der Waals surface area contributed by atoms with Gasteiger partial charge in [-0.15, -0.1) is 11.3 Å². The normalized spacial score (nSPS) is 17.4. The first kappa shape index (κ1) is 15.0. The molecule has 1 saturated carbocycles. The molecular weight excluding hydrogens is 354 g/mol. The van der Waals surface area contributed by atoms with Gasteiger partial charge in [0.25, 0.3) is 0 Å². The van der Waals surface area contributed by atoms with Crippen molar-refractivity contribution in [2.24, 2.45) is 5.92 Å². The summed E-state index contributed by atoms with van der Waals surface area (Å²) in [7, 11) is -3.67. The molecule has 1 unspecified atom stereocenters. The molecule has 0 saturated heterocycles. The van der Waals surface area contributed by atoms with E-state index >= 15 is 0 Å². The quantitative estimate of drug-likeness (QED) is 0.809. The molecule has 1 fully saturated rings. The van der Waals surface area contributed by atoms with Crippen molar-refractivity contribution in [3.8, 4) is 0 Å². The molecule has 2 rings (SSSR count). The zero-order valence-electron chi connectivity index (χ0n) is 10.2. The van der Waals surface area contributed by atoms with Crippen molar-refractivity contribution in [3.05, 3.63) is 14.7 Å². The molecule has 0 bridgehead atoms. The zero-order valence-corrected chi connectivity index (χ0v) is 13.4. The molecule has 8 heteroatoms. The van der Waals surface area contributed by atoms with Crippen LogP contribution in [0.3, 0.4) is 0 Å². The fourth-order valence-corrected chi connectivity index (χ4v) is 5.53. The molecule has 19 heavy (non-hydrogen) atoms. The Bertz CT molecular complexity index is 592. The summed E-state index contributed by atoms with van der Waals surface area (Å²) in [6, 6.07) is 1.04. The van der Waals surface area contributed by atoms with E-state index in [1.54, 1.807) is 0 Å². The lowest BCUT2D eigenvalue weighted by molar-refractivity contribution is 0.0702. The Morgan fingerprint density at radius 2 is 2.26 bits per heavy atom. The summed E-state index contributed by atoms with van der Waals surface area (Å²) < 4.78 is 27.3. The van der Waals surface area contributed by atoms with Crippen molar-refractivity contribution in [1.82, 2.24) is 4.72 Å². The van der Waals surface area contributed by atoms with Gasteiger partial charge in [-0.25, -0.2) is 17.9 Å². The second-order valence-corrected chi connectivity index (χ2v) is 8.81. The van der Waals surface area contributed by atoms with Gasteiger partial charge < -0.3 is 5.11 Å². The highest BCUT2D eigenvalue weighted by Crippen LogP contribution is 2.35. The summed E-state index contributed by atoms with van der Waals surface area (Å²) in [6.45, 7) is 1.83. The van der Waals surface area contributed by atoms with Gasteiger partial charge in [0.15, 0.2) is 0 Å². The Morgan fingerprint density at radius 1 is 1.63 bits per heavy atom. The van der Waals surface area contributed by atoms with Gasteiger partial charge in [-0.2, -0.15) is 0 Å². The van der Waals surface area contributed by atoms with Crippen LogP contribution in [-0.2, 0) is 10.0 Å². The number of hydrogen-bond donors (Lipinski definition) is 2. The second-order valence-electron chi connectivity index (χ2n) is 4.76. The maximum Gasteiger partial charge on any atom is 0.345 e. The molecule has 106 valence electrons. The van der Waals surface area contributed by atoms with Crippen molar-refractivity contribution in [1.29, 1.82) is 0 Å². The Labute approximate surface area is 124 Å². The Kier molecular flexibility index (Phi) is 4.34. The summed E-state index contributed by atoms with van der Waals surface area (Å²) in [4.78, 5) is 10.8. The van der Waals surface area contributed by atoms with Crippen LogP contribution >= 0.6 is 27.3 Å². The molecule has 1 atom stereocenters. The highest BCUT2D eigenvalue weighted by molar-refractivity contribution is 9.11. The summed E-state index contributed by atoms with van der Waals surface area (Å²) in [6.07, 6.45) is 3.15. The minimum Gasteiger partial charge on any atom is -0.477 e. The highest BCUT2D eigenvalue weighted by atomic mass is 79.9. The fraction of sp³-hybridized carbons (Fsp3) is 0.545. The molecule has 0 aliphatic heterocycles.